The molecule has 1 amide bonds. The Morgan fingerprint density at radius 1 is 1.19 bits per heavy atom. The molecule has 9 nitrogen and oxygen atoms in total. The summed E-state index contributed by atoms with van der Waals surface area (Å²) in [5, 5.41) is 18.2. The highest BCUT2D eigenvalue weighted by Crippen LogP contribution is 2.58. The number of hydrogen-bond donors (Lipinski definition) is 1. The summed E-state index contributed by atoms with van der Waals surface area (Å²) in [6.07, 6.45) is 10.2. The lowest BCUT2D eigenvalue weighted by Crippen LogP contribution is -2.71. The number of carbonyl (C=O) groups is 1. The van der Waals surface area contributed by atoms with Gasteiger partial charge in [-0.1, -0.05) is 0 Å². The number of aromatic nitrogens is 4. The number of nitrogens with two attached hydrogens (primary N) is 1. The standard InChI is InChI=1S/C23H25N7O2/c1-32-19-6-13(11-30-22(19)14(8-24)9-27-30)15-10-26-29(12-15)16-2-4-28(5-3-16)23(31)20-17-7-18(20)21(17)25/h6,9-12,16-18,20-21H,2-5,7,25H2,1H3. The number of piperidine rings is 1. The molecule has 2 unspecified atom stereocenters. The first-order valence-electron chi connectivity index (χ1n) is 11.1. The highest BCUT2D eigenvalue weighted by atomic mass is 16.5. The quantitative estimate of drug-likeness (QED) is 0.674. The van der Waals surface area contributed by atoms with E-state index in [-0.39, 0.29) is 18.0 Å². The summed E-state index contributed by atoms with van der Waals surface area (Å²) in [5.74, 6) is 1.94. The van der Waals surface area contributed by atoms with Gasteiger partial charge in [0.05, 0.1) is 25.5 Å². The minimum Gasteiger partial charge on any atom is -0.494 e. The van der Waals surface area contributed by atoms with Gasteiger partial charge in [0.25, 0.3) is 0 Å². The van der Waals surface area contributed by atoms with Crippen molar-refractivity contribution in [2.24, 2.45) is 23.5 Å². The molecule has 2 N–H and O–H groups in total. The van der Waals surface area contributed by atoms with Crippen molar-refractivity contribution in [2.45, 2.75) is 31.3 Å². The van der Waals surface area contributed by atoms with Crippen LogP contribution in [0.2, 0.25) is 0 Å². The molecule has 4 heterocycles. The van der Waals surface area contributed by atoms with Crippen molar-refractivity contribution in [1.29, 1.82) is 5.26 Å². The highest BCUT2D eigenvalue weighted by Gasteiger charge is 2.63. The Labute approximate surface area is 185 Å². The van der Waals surface area contributed by atoms with Gasteiger partial charge >= 0.3 is 0 Å². The fourth-order valence-electron chi connectivity index (χ4n) is 5.59. The molecule has 9 heteroatoms. The van der Waals surface area contributed by atoms with Gasteiger partial charge in [0, 0.05) is 48.6 Å². The highest BCUT2D eigenvalue weighted by molar-refractivity contribution is 5.82. The summed E-state index contributed by atoms with van der Waals surface area (Å²) in [5.41, 5.74) is 9.04. The third-order valence-electron chi connectivity index (χ3n) is 7.74. The van der Waals surface area contributed by atoms with Gasteiger partial charge in [-0.15, -0.1) is 0 Å². The summed E-state index contributed by atoms with van der Waals surface area (Å²) >= 11 is 0. The molecule has 0 spiro atoms. The van der Waals surface area contributed by atoms with Crippen molar-refractivity contribution >= 4 is 11.4 Å². The maximum atomic E-state index is 12.8. The Morgan fingerprint density at radius 2 is 1.97 bits per heavy atom. The van der Waals surface area contributed by atoms with Crippen LogP contribution in [0.4, 0.5) is 0 Å². The SMILES string of the molecule is COc1cc(-c2cnn(C3CCN(C(=O)C4C5CC4C5N)CC3)c2)cn2ncc(C#N)c12. The van der Waals surface area contributed by atoms with Crippen LogP contribution in [0.25, 0.3) is 16.6 Å². The first-order chi connectivity index (χ1) is 15.6. The summed E-state index contributed by atoms with van der Waals surface area (Å²) in [4.78, 5) is 14.8. The summed E-state index contributed by atoms with van der Waals surface area (Å²) in [7, 11) is 1.59. The van der Waals surface area contributed by atoms with Crippen molar-refractivity contribution in [3.05, 3.63) is 36.4 Å². The van der Waals surface area contributed by atoms with Crippen LogP contribution in [0.5, 0.6) is 5.75 Å². The lowest BCUT2D eigenvalue weighted by atomic mass is 9.44. The first-order valence-corrected chi connectivity index (χ1v) is 11.1. The molecule has 3 saturated carbocycles. The number of nitrogens with zero attached hydrogens (tertiary/aromatic N) is 6. The second kappa shape index (κ2) is 7.07. The zero-order chi connectivity index (χ0) is 22.0. The van der Waals surface area contributed by atoms with Crippen LogP contribution in [0.15, 0.2) is 30.9 Å². The van der Waals surface area contributed by atoms with E-state index in [0.717, 1.165) is 43.5 Å². The van der Waals surface area contributed by atoms with Gasteiger partial charge in [0.1, 0.15) is 22.9 Å². The zero-order valence-corrected chi connectivity index (χ0v) is 17.9. The van der Waals surface area contributed by atoms with Gasteiger partial charge in [-0.3, -0.25) is 9.48 Å². The van der Waals surface area contributed by atoms with Crippen molar-refractivity contribution in [2.75, 3.05) is 20.2 Å². The fraction of sp³-hybridized carbons (Fsp3) is 0.478. The molecule has 0 radical (unpaired) electrons. The molecule has 2 bridgehead atoms. The second-order valence-electron chi connectivity index (χ2n) is 9.19. The smallest absolute Gasteiger partial charge is 0.226 e. The van der Waals surface area contributed by atoms with Gasteiger partial charge in [0.2, 0.25) is 5.91 Å². The topological polar surface area (TPSA) is 114 Å². The maximum Gasteiger partial charge on any atom is 0.226 e. The molecule has 4 aliphatic rings. The number of rotatable bonds is 4. The van der Waals surface area contributed by atoms with Gasteiger partial charge in [0.15, 0.2) is 0 Å². The third kappa shape index (κ3) is 2.69. The van der Waals surface area contributed by atoms with E-state index in [9.17, 15) is 10.1 Å². The van der Waals surface area contributed by atoms with Crippen LogP contribution in [-0.2, 0) is 4.79 Å². The normalized spacial score (nSPS) is 27.0. The molecule has 3 aromatic rings. The molecule has 4 fully saturated rings. The van der Waals surface area contributed by atoms with Crippen LogP contribution in [0, 0.1) is 29.1 Å². The fourth-order valence-corrected chi connectivity index (χ4v) is 5.59. The van der Waals surface area contributed by atoms with Crippen LogP contribution in [0.3, 0.4) is 0 Å². The number of amides is 1. The van der Waals surface area contributed by atoms with Gasteiger partial charge in [-0.05, 0) is 37.2 Å². The lowest BCUT2D eigenvalue weighted by Gasteiger charge is -2.63. The van der Waals surface area contributed by atoms with E-state index in [1.807, 2.05) is 34.2 Å². The number of methoxy groups -OCH3 is 1. The number of hydrogen-bond acceptors (Lipinski definition) is 6. The molecule has 1 saturated heterocycles. The Hall–Kier alpha value is -3.38. The van der Waals surface area contributed by atoms with E-state index < -0.39 is 0 Å². The van der Waals surface area contributed by atoms with Crippen LogP contribution >= 0.6 is 0 Å². The summed E-state index contributed by atoms with van der Waals surface area (Å²) in [6, 6.07) is 4.59. The number of nitriles is 1. The van der Waals surface area contributed by atoms with Crippen molar-refractivity contribution in [3.8, 4) is 22.9 Å². The van der Waals surface area contributed by atoms with E-state index in [0.29, 0.717) is 34.6 Å². The van der Waals surface area contributed by atoms with E-state index in [2.05, 4.69) is 16.3 Å². The van der Waals surface area contributed by atoms with Crippen LogP contribution in [-0.4, -0.2) is 56.4 Å². The van der Waals surface area contributed by atoms with E-state index in [1.165, 1.54) is 0 Å². The average molecular weight is 432 g/mol. The molecule has 0 aromatic carbocycles. The maximum absolute atomic E-state index is 12.8. The Kier molecular flexibility index (Phi) is 4.27. The van der Waals surface area contributed by atoms with Crippen molar-refractivity contribution in [3.63, 3.8) is 0 Å². The van der Waals surface area contributed by atoms with E-state index >= 15 is 0 Å². The zero-order valence-electron chi connectivity index (χ0n) is 17.9. The average Bonchev–Trinajstić information content (AvgIpc) is 3.44. The van der Waals surface area contributed by atoms with Crippen LogP contribution < -0.4 is 10.5 Å². The Morgan fingerprint density at radius 3 is 2.62 bits per heavy atom. The molecule has 7 rings (SSSR count). The number of likely N-dealkylation sites (tertiary alicyclic amines) is 1. The minimum absolute atomic E-state index is 0.187. The van der Waals surface area contributed by atoms with E-state index in [4.69, 9.17) is 10.5 Å². The monoisotopic (exact) mass is 431 g/mol. The number of pyridine rings is 1. The van der Waals surface area contributed by atoms with Crippen LogP contribution in [0.1, 0.15) is 30.9 Å². The predicted octanol–water partition coefficient (Wildman–Crippen LogP) is 1.83. The Balaban J connectivity index is 1.17. The molecular weight excluding hydrogens is 406 g/mol. The summed E-state index contributed by atoms with van der Waals surface area (Å²) in [6.45, 7) is 1.54. The van der Waals surface area contributed by atoms with Crippen molar-refractivity contribution < 1.29 is 9.53 Å². The van der Waals surface area contributed by atoms with Gasteiger partial charge in [-0.2, -0.15) is 15.5 Å². The summed E-state index contributed by atoms with van der Waals surface area (Å²) < 4.78 is 9.19. The predicted molar refractivity (Wildman–Crippen MR) is 116 cm³/mol. The molecular formula is C23H25N7O2. The number of carbonyl (C=O) groups excluding carboxylic acids is 1. The van der Waals surface area contributed by atoms with Crippen molar-refractivity contribution in [1.82, 2.24) is 24.3 Å². The molecule has 164 valence electrons. The third-order valence-corrected chi connectivity index (χ3v) is 7.74. The largest absolute Gasteiger partial charge is 0.494 e. The van der Waals surface area contributed by atoms with Gasteiger partial charge in [-0.25, -0.2) is 4.52 Å². The Bertz CT molecular complexity index is 1240. The minimum atomic E-state index is 0.187. The van der Waals surface area contributed by atoms with Gasteiger partial charge < -0.3 is 15.4 Å². The molecule has 1 aliphatic heterocycles. The molecule has 32 heavy (non-hydrogen) atoms. The van der Waals surface area contributed by atoms with E-state index in [1.54, 1.807) is 17.8 Å². The molecule has 3 aliphatic carbocycles. The molecule has 3 aromatic heterocycles. The first kappa shape index (κ1) is 19.3. The lowest BCUT2D eigenvalue weighted by molar-refractivity contribution is -0.171. The second-order valence-corrected chi connectivity index (χ2v) is 9.19. The molecule has 2 atom stereocenters. The number of fused-ring (bicyclic) bond motifs is 1. The number of ether oxygens (including phenoxy) is 1.